The first kappa shape index (κ1) is 15.6. The van der Waals surface area contributed by atoms with Crippen molar-refractivity contribution in [2.45, 2.75) is 0 Å². The summed E-state index contributed by atoms with van der Waals surface area (Å²) < 4.78 is 9.84. The van der Waals surface area contributed by atoms with Gasteiger partial charge in [0.15, 0.2) is 5.76 Å². The molecule has 0 spiro atoms. The van der Waals surface area contributed by atoms with Crippen molar-refractivity contribution >= 4 is 23.3 Å². The summed E-state index contributed by atoms with van der Waals surface area (Å²) in [5.41, 5.74) is 1.22. The van der Waals surface area contributed by atoms with E-state index in [1.807, 2.05) is 0 Å². The van der Waals surface area contributed by atoms with E-state index < -0.39 is 0 Å². The summed E-state index contributed by atoms with van der Waals surface area (Å²) in [5, 5.41) is 8.00. The Labute approximate surface area is 127 Å². The van der Waals surface area contributed by atoms with Crippen LogP contribution in [0.5, 0.6) is 0 Å². The first-order chi connectivity index (χ1) is 10.7. The van der Waals surface area contributed by atoms with E-state index >= 15 is 0 Å². The zero-order valence-electron chi connectivity index (χ0n) is 12.1. The van der Waals surface area contributed by atoms with E-state index in [0.29, 0.717) is 24.5 Å². The highest BCUT2D eigenvalue weighted by atomic mass is 16.5. The van der Waals surface area contributed by atoms with E-state index in [1.54, 1.807) is 43.5 Å². The fourth-order valence-corrected chi connectivity index (χ4v) is 1.68. The van der Waals surface area contributed by atoms with Gasteiger partial charge in [0.25, 0.3) is 5.91 Å². The summed E-state index contributed by atoms with van der Waals surface area (Å²) in [6.45, 7) is 0.880. The molecule has 3 amide bonds. The average molecular weight is 303 g/mol. The largest absolute Gasteiger partial charge is 0.459 e. The third-order valence-corrected chi connectivity index (χ3v) is 2.74. The van der Waals surface area contributed by atoms with Crippen LogP contribution in [0, 0.1) is 0 Å². The standard InChI is InChI=1S/C15H17N3O4/c1-21-10-8-16-15(20)18-12-6-4-11(5-7-12)17-14(19)13-3-2-9-22-13/h2-7,9H,8,10H2,1H3,(H,17,19)(H2,16,18,20). The maximum atomic E-state index is 11.8. The summed E-state index contributed by atoms with van der Waals surface area (Å²) in [6.07, 6.45) is 1.43. The Morgan fingerprint density at radius 3 is 2.36 bits per heavy atom. The Bertz CT molecular complexity index is 608. The molecule has 7 nitrogen and oxygen atoms in total. The second-order valence-corrected chi connectivity index (χ2v) is 4.38. The van der Waals surface area contributed by atoms with E-state index in [4.69, 9.17) is 9.15 Å². The molecule has 0 aliphatic carbocycles. The third kappa shape index (κ3) is 4.64. The van der Waals surface area contributed by atoms with Gasteiger partial charge in [0, 0.05) is 25.0 Å². The molecular weight excluding hydrogens is 286 g/mol. The van der Waals surface area contributed by atoms with Crippen molar-refractivity contribution in [1.82, 2.24) is 5.32 Å². The van der Waals surface area contributed by atoms with Crippen molar-refractivity contribution in [3.05, 3.63) is 48.4 Å². The maximum absolute atomic E-state index is 11.8. The van der Waals surface area contributed by atoms with Crippen molar-refractivity contribution in [1.29, 1.82) is 0 Å². The van der Waals surface area contributed by atoms with Gasteiger partial charge in [-0.1, -0.05) is 0 Å². The Hall–Kier alpha value is -2.80. The van der Waals surface area contributed by atoms with Gasteiger partial charge in [-0.3, -0.25) is 4.79 Å². The lowest BCUT2D eigenvalue weighted by atomic mass is 10.2. The molecule has 0 unspecified atom stereocenters. The molecule has 1 heterocycles. The van der Waals surface area contributed by atoms with E-state index in [0.717, 1.165) is 0 Å². The number of amides is 3. The van der Waals surface area contributed by atoms with Crippen molar-refractivity contribution in [3.63, 3.8) is 0 Å². The van der Waals surface area contributed by atoms with E-state index in [1.165, 1.54) is 6.26 Å². The van der Waals surface area contributed by atoms with Crippen LogP contribution in [0.3, 0.4) is 0 Å². The number of urea groups is 1. The summed E-state index contributed by atoms with van der Waals surface area (Å²) in [7, 11) is 1.56. The van der Waals surface area contributed by atoms with Crippen LogP contribution in [0.1, 0.15) is 10.6 Å². The monoisotopic (exact) mass is 303 g/mol. The van der Waals surface area contributed by atoms with Crippen molar-refractivity contribution in [2.24, 2.45) is 0 Å². The minimum atomic E-state index is -0.331. The number of rotatable bonds is 6. The van der Waals surface area contributed by atoms with Crippen LogP contribution in [-0.2, 0) is 4.74 Å². The molecule has 2 aromatic rings. The van der Waals surface area contributed by atoms with Crippen LogP contribution < -0.4 is 16.0 Å². The molecule has 1 aromatic heterocycles. The average Bonchev–Trinajstić information content (AvgIpc) is 3.04. The SMILES string of the molecule is COCCNC(=O)Nc1ccc(NC(=O)c2ccco2)cc1. The predicted molar refractivity (Wildman–Crippen MR) is 82.0 cm³/mol. The third-order valence-electron chi connectivity index (χ3n) is 2.74. The highest BCUT2D eigenvalue weighted by Gasteiger charge is 2.08. The molecule has 22 heavy (non-hydrogen) atoms. The summed E-state index contributed by atoms with van der Waals surface area (Å²) in [4.78, 5) is 23.3. The molecule has 0 aliphatic rings. The van der Waals surface area contributed by atoms with Crippen LogP contribution in [0.25, 0.3) is 0 Å². The van der Waals surface area contributed by atoms with Gasteiger partial charge in [0.05, 0.1) is 12.9 Å². The highest BCUT2D eigenvalue weighted by Crippen LogP contribution is 2.14. The van der Waals surface area contributed by atoms with Crippen molar-refractivity contribution in [2.75, 3.05) is 30.9 Å². The number of ether oxygens (including phenoxy) is 1. The van der Waals surface area contributed by atoms with Crippen LogP contribution in [0.15, 0.2) is 47.1 Å². The zero-order valence-corrected chi connectivity index (χ0v) is 12.1. The molecule has 0 bridgehead atoms. The Morgan fingerprint density at radius 1 is 1.09 bits per heavy atom. The van der Waals surface area contributed by atoms with Gasteiger partial charge in [-0.2, -0.15) is 0 Å². The molecule has 7 heteroatoms. The minimum Gasteiger partial charge on any atom is -0.459 e. The summed E-state index contributed by atoms with van der Waals surface area (Å²) in [6, 6.07) is 9.66. The molecule has 0 saturated carbocycles. The molecule has 0 aliphatic heterocycles. The smallest absolute Gasteiger partial charge is 0.319 e. The maximum Gasteiger partial charge on any atom is 0.319 e. The number of nitrogens with one attached hydrogen (secondary N) is 3. The van der Waals surface area contributed by atoms with Gasteiger partial charge >= 0.3 is 6.03 Å². The molecule has 2 rings (SSSR count). The number of benzene rings is 1. The lowest BCUT2D eigenvalue weighted by molar-refractivity contribution is 0.0996. The molecule has 116 valence electrons. The second-order valence-electron chi connectivity index (χ2n) is 4.38. The molecule has 0 radical (unpaired) electrons. The zero-order chi connectivity index (χ0) is 15.8. The quantitative estimate of drug-likeness (QED) is 0.714. The molecular formula is C15H17N3O4. The van der Waals surface area contributed by atoms with E-state index in [-0.39, 0.29) is 17.7 Å². The number of hydrogen-bond donors (Lipinski definition) is 3. The number of carbonyl (C=O) groups excluding carboxylic acids is 2. The van der Waals surface area contributed by atoms with Gasteiger partial charge in [-0.05, 0) is 36.4 Å². The van der Waals surface area contributed by atoms with Crippen molar-refractivity contribution in [3.8, 4) is 0 Å². The van der Waals surface area contributed by atoms with Crippen molar-refractivity contribution < 1.29 is 18.7 Å². The molecule has 0 atom stereocenters. The summed E-state index contributed by atoms with van der Waals surface area (Å²) >= 11 is 0. The van der Waals surface area contributed by atoms with Gasteiger partial charge in [-0.25, -0.2) is 4.79 Å². The lowest BCUT2D eigenvalue weighted by Gasteiger charge is -2.08. The summed E-state index contributed by atoms with van der Waals surface area (Å²) in [5.74, 6) is -0.0947. The van der Waals surface area contributed by atoms with Gasteiger partial charge < -0.3 is 25.1 Å². The van der Waals surface area contributed by atoms with Gasteiger partial charge in [0.2, 0.25) is 0 Å². The Balaban J connectivity index is 1.85. The predicted octanol–water partition coefficient (Wildman–Crippen LogP) is 2.30. The van der Waals surface area contributed by atoms with Gasteiger partial charge in [0.1, 0.15) is 0 Å². The number of carbonyl (C=O) groups is 2. The first-order valence-electron chi connectivity index (χ1n) is 6.68. The number of hydrogen-bond acceptors (Lipinski definition) is 4. The number of anilines is 2. The van der Waals surface area contributed by atoms with Crippen LogP contribution in [0.4, 0.5) is 16.2 Å². The normalized spacial score (nSPS) is 10.0. The van der Waals surface area contributed by atoms with Crippen LogP contribution >= 0.6 is 0 Å². The molecule has 3 N–H and O–H groups in total. The number of methoxy groups -OCH3 is 1. The van der Waals surface area contributed by atoms with E-state index in [2.05, 4.69) is 16.0 Å². The van der Waals surface area contributed by atoms with Crippen LogP contribution in [0.2, 0.25) is 0 Å². The fourth-order valence-electron chi connectivity index (χ4n) is 1.68. The van der Waals surface area contributed by atoms with Crippen LogP contribution in [-0.4, -0.2) is 32.2 Å². The minimum absolute atomic E-state index is 0.236. The first-order valence-corrected chi connectivity index (χ1v) is 6.68. The van der Waals surface area contributed by atoms with E-state index in [9.17, 15) is 9.59 Å². The van der Waals surface area contributed by atoms with Gasteiger partial charge in [-0.15, -0.1) is 0 Å². The Morgan fingerprint density at radius 2 is 1.77 bits per heavy atom. The fraction of sp³-hybridized carbons (Fsp3) is 0.200. The highest BCUT2D eigenvalue weighted by molar-refractivity contribution is 6.02. The molecule has 1 aromatic carbocycles. The topological polar surface area (TPSA) is 92.6 Å². The molecule has 0 fully saturated rings. The lowest BCUT2D eigenvalue weighted by Crippen LogP contribution is -2.31. The Kier molecular flexibility index (Phi) is 5.56. The molecule has 0 saturated heterocycles. The number of furan rings is 1. The second kappa shape index (κ2) is 7.84.